The van der Waals surface area contributed by atoms with Crippen LogP contribution in [-0.4, -0.2) is 37.5 Å². The second-order valence-electron chi connectivity index (χ2n) is 5.28. The van der Waals surface area contributed by atoms with Crippen molar-refractivity contribution in [1.29, 1.82) is 0 Å². The number of likely N-dealkylation sites (tertiary alicyclic amines) is 1. The lowest BCUT2D eigenvalue weighted by Crippen LogP contribution is -2.40. The van der Waals surface area contributed by atoms with E-state index < -0.39 is 0 Å². The summed E-state index contributed by atoms with van der Waals surface area (Å²) >= 11 is 5.20. The van der Waals surface area contributed by atoms with Gasteiger partial charge >= 0.3 is 0 Å². The molecule has 0 bridgehead atoms. The van der Waals surface area contributed by atoms with Crippen LogP contribution >= 0.6 is 27.3 Å². The van der Waals surface area contributed by atoms with Gasteiger partial charge in [-0.2, -0.15) is 0 Å². The molecule has 6 heteroatoms. The lowest BCUT2D eigenvalue weighted by molar-refractivity contribution is -0.129. The molecule has 19 heavy (non-hydrogen) atoms. The first-order valence-corrected chi connectivity index (χ1v) is 8.07. The van der Waals surface area contributed by atoms with Crippen molar-refractivity contribution in [2.45, 2.75) is 19.4 Å². The van der Waals surface area contributed by atoms with Gasteiger partial charge < -0.3 is 11.1 Å². The third-order valence-corrected chi connectivity index (χ3v) is 5.65. The number of carbonyl (C=O) groups excluding carboxylic acids is 1. The van der Waals surface area contributed by atoms with Crippen molar-refractivity contribution in [2.24, 2.45) is 11.1 Å². The van der Waals surface area contributed by atoms with E-state index in [0.29, 0.717) is 6.54 Å². The van der Waals surface area contributed by atoms with Crippen LogP contribution in [0.25, 0.3) is 0 Å². The number of halogens is 1. The third kappa shape index (κ3) is 3.02. The maximum atomic E-state index is 12.0. The number of nitrogens with two attached hydrogens (primary N) is 1. The number of nitrogens with one attached hydrogen (secondary N) is 1. The Hall–Kier alpha value is -0.430. The molecule has 1 fully saturated rings. The predicted molar refractivity (Wildman–Crippen MR) is 82.2 cm³/mol. The maximum absolute atomic E-state index is 12.0. The van der Waals surface area contributed by atoms with Gasteiger partial charge in [-0.1, -0.05) is 0 Å². The van der Waals surface area contributed by atoms with Crippen LogP contribution in [0.2, 0.25) is 0 Å². The van der Waals surface area contributed by atoms with E-state index >= 15 is 0 Å². The zero-order valence-electron chi connectivity index (χ0n) is 11.3. The number of nitrogens with zero attached hydrogens (tertiary/aromatic N) is 1. The quantitative estimate of drug-likeness (QED) is 0.876. The molecule has 106 valence electrons. The molecule has 0 saturated carbocycles. The molecule has 2 rings (SSSR count). The second kappa shape index (κ2) is 5.91. The highest BCUT2D eigenvalue weighted by atomic mass is 79.9. The summed E-state index contributed by atoms with van der Waals surface area (Å²) in [5.41, 5.74) is 5.65. The van der Waals surface area contributed by atoms with Crippen molar-refractivity contribution in [3.8, 4) is 0 Å². The summed E-state index contributed by atoms with van der Waals surface area (Å²) in [5.74, 6) is 0.123. The van der Waals surface area contributed by atoms with E-state index in [1.807, 2.05) is 6.92 Å². The summed E-state index contributed by atoms with van der Waals surface area (Å²) in [7, 11) is 1.70. The van der Waals surface area contributed by atoms with Crippen molar-refractivity contribution in [2.75, 3.05) is 26.7 Å². The standard InChI is InChI=1S/C13H20BrN3OS/c1-13(12(18)16-2)3-4-17(8-13)10(6-15)11-5-9(14)7-19-11/h5,7,10H,3-4,6,8,15H2,1-2H3,(H,16,18). The molecule has 0 aromatic carbocycles. The highest BCUT2D eigenvalue weighted by molar-refractivity contribution is 9.10. The van der Waals surface area contributed by atoms with Crippen LogP contribution in [0, 0.1) is 5.41 Å². The molecule has 0 radical (unpaired) electrons. The number of carbonyl (C=O) groups is 1. The number of hydrogen-bond acceptors (Lipinski definition) is 4. The van der Waals surface area contributed by atoms with Crippen molar-refractivity contribution in [1.82, 2.24) is 10.2 Å². The molecule has 3 N–H and O–H groups in total. The van der Waals surface area contributed by atoms with Gasteiger partial charge in [-0.25, -0.2) is 0 Å². The number of hydrogen-bond donors (Lipinski definition) is 2. The fourth-order valence-corrected chi connectivity index (χ4v) is 4.29. The topological polar surface area (TPSA) is 58.4 Å². The molecule has 1 aromatic rings. The summed E-state index contributed by atoms with van der Waals surface area (Å²) in [4.78, 5) is 15.5. The molecule has 0 spiro atoms. The molecule has 1 saturated heterocycles. The first-order valence-electron chi connectivity index (χ1n) is 6.40. The Morgan fingerprint density at radius 1 is 1.74 bits per heavy atom. The fraction of sp³-hybridized carbons (Fsp3) is 0.615. The summed E-state index contributed by atoms with van der Waals surface area (Å²) < 4.78 is 1.10. The minimum Gasteiger partial charge on any atom is -0.359 e. The SMILES string of the molecule is CNC(=O)C1(C)CCN(C(CN)c2cc(Br)cs2)C1. The first-order chi connectivity index (χ1) is 9.00. The zero-order valence-corrected chi connectivity index (χ0v) is 13.7. The van der Waals surface area contributed by atoms with Gasteiger partial charge in [0.2, 0.25) is 5.91 Å². The third-order valence-electron chi connectivity index (χ3n) is 3.86. The second-order valence-corrected chi connectivity index (χ2v) is 7.14. The average Bonchev–Trinajstić information content (AvgIpc) is 2.98. The Balaban J connectivity index is 2.12. The highest BCUT2D eigenvalue weighted by Gasteiger charge is 2.42. The minimum atomic E-state index is -0.295. The van der Waals surface area contributed by atoms with Crippen LogP contribution in [0.4, 0.5) is 0 Å². The van der Waals surface area contributed by atoms with Crippen molar-refractivity contribution >= 4 is 33.2 Å². The van der Waals surface area contributed by atoms with Gasteiger partial charge in [0.1, 0.15) is 0 Å². The van der Waals surface area contributed by atoms with E-state index in [1.54, 1.807) is 18.4 Å². The summed E-state index contributed by atoms with van der Waals surface area (Å²) in [6.45, 7) is 4.30. The largest absolute Gasteiger partial charge is 0.359 e. The van der Waals surface area contributed by atoms with Gasteiger partial charge in [-0.05, 0) is 41.9 Å². The first kappa shape index (κ1) is 15.0. The lowest BCUT2D eigenvalue weighted by atomic mass is 9.89. The van der Waals surface area contributed by atoms with Crippen LogP contribution in [0.5, 0.6) is 0 Å². The predicted octanol–water partition coefficient (Wildman–Crippen LogP) is 1.97. The molecule has 2 atom stereocenters. The van der Waals surface area contributed by atoms with Gasteiger partial charge in [0.15, 0.2) is 0 Å². The summed E-state index contributed by atoms with van der Waals surface area (Å²) in [5, 5.41) is 4.84. The van der Waals surface area contributed by atoms with Crippen molar-refractivity contribution < 1.29 is 4.79 Å². The van der Waals surface area contributed by atoms with E-state index in [9.17, 15) is 4.79 Å². The van der Waals surface area contributed by atoms with Crippen LogP contribution in [0.15, 0.2) is 15.9 Å². The molecule has 1 aliphatic heterocycles. The molecule has 2 unspecified atom stereocenters. The Kier molecular flexibility index (Phi) is 4.66. The molecule has 1 aliphatic rings. The Bertz CT molecular complexity index is 464. The number of rotatable bonds is 4. The summed E-state index contributed by atoms with van der Waals surface area (Å²) in [6.07, 6.45) is 0.885. The molecular weight excluding hydrogens is 326 g/mol. The smallest absolute Gasteiger partial charge is 0.227 e. The zero-order chi connectivity index (χ0) is 14.0. The average molecular weight is 346 g/mol. The number of thiophene rings is 1. The van der Waals surface area contributed by atoms with Crippen LogP contribution < -0.4 is 11.1 Å². The van der Waals surface area contributed by atoms with Crippen LogP contribution in [0.3, 0.4) is 0 Å². The van der Waals surface area contributed by atoms with E-state index in [0.717, 1.165) is 24.0 Å². The molecule has 4 nitrogen and oxygen atoms in total. The van der Waals surface area contributed by atoms with E-state index in [4.69, 9.17) is 5.73 Å². The monoisotopic (exact) mass is 345 g/mol. The summed E-state index contributed by atoms with van der Waals surface area (Å²) in [6, 6.07) is 2.33. The molecule has 2 heterocycles. The Morgan fingerprint density at radius 2 is 2.47 bits per heavy atom. The normalized spacial score (nSPS) is 25.5. The van der Waals surface area contributed by atoms with Gasteiger partial charge in [-0.3, -0.25) is 9.69 Å². The van der Waals surface area contributed by atoms with Crippen LogP contribution in [-0.2, 0) is 4.79 Å². The molecule has 0 aliphatic carbocycles. The Labute approximate surface area is 126 Å². The van der Waals surface area contributed by atoms with Crippen molar-refractivity contribution in [3.05, 3.63) is 20.8 Å². The highest BCUT2D eigenvalue weighted by Crippen LogP contribution is 2.37. The number of amides is 1. The van der Waals surface area contributed by atoms with Gasteiger partial charge in [-0.15, -0.1) is 11.3 Å². The van der Waals surface area contributed by atoms with E-state index in [1.165, 1.54) is 4.88 Å². The molecule has 1 amide bonds. The lowest BCUT2D eigenvalue weighted by Gasteiger charge is -2.28. The van der Waals surface area contributed by atoms with Crippen molar-refractivity contribution in [3.63, 3.8) is 0 Å². The minimum absolute atomic E-state index is 0.123. The molecule has 1 aromatic heterocycles. The fourth-order valence-electron chi connectivity index (χ4n) is 2.70. The van der Waals surface area contributed by atoms with E-state index in [2.05, 4.69) is 37.6 Å². The Morgan fingerprint density at radius 3 is 3.00 bits per heavy atom. The molecular formula is C13H20BrN3OS. The van der Waals surface area contributed by atoms with Crippen LogP contribution in [0.1, 0.15) is 24.3 Å². The van der Waals surface area contributed by atoms with E-state index in [-0.39, 0.29) is 17.4 Å². The van der Waals surface area contributed by atoms with Gasteiger partial charge in [0, 0.05) is 34.9 Å². The van der Waals surface area contributed by atoms with Gasteiger partial charge in [0.25, 0.3) is 0 Å². The van der Waals surface area contributed by atoms with Gasteiger partial charge in [0.05, 0.1) is 11.5 Å². The maximum Gasteiger partial charge on any atom is 0.227 e.